The van der Waals surface area contributed by atoms with Crippen molar-refractivity contribution in [3.05, 3.63) is 53.6 Å². The fourth-order valence-electron chi connectivity index (χ4n) is 3.70. The molecule has 0 unspecified atom stereocenters. The minimum absolute atomic E-state index is 0.0816. The number of nitrogens with zero attached hydrogens (tertiary/aromatic N) is 1. The minimum Gasteiger partial charge on any atom is -0.325 e. The van der Waals surface area contributed by atoms with Gasteiger partial charge >= 0.3 is 0 Å². The number of fused-ring (bicyclic) bond motifs is 2. The summed E-state index contributed by atoms with van der Waals surface area (Å²) in [6, 6.07) is 13.4. The van der Waals surface area contributed by atoms with Crippen LogP contribution < -0.4 is 10.0 Å². The van der Waals surface area contributed by atoms with Crippen LogP contribution in [0.3, 0.4) is 0 Å². The maximum absolute atomic E-state index is 12.7. The smallest absolute Gasteiger partial charge is 0.240 e. The van der Waals surface area contributed by atoms with Crippen molar-refractivity contribution in [2.75, 3.05) is 30.7 Å². The molecule has 0 bridgehead atoms. The highest BCUT2D eigenvalue weighted by Crippen LogP contribution is 2.32. The number of sulfonamides is 1. The summed E-state index contributed by atoms with van der Waals surface area (Å²) in [5, 5.41) is 2.79. The second-order valence-corrected chi connectivity index (χ2v) is 10.3. The van der Waals surface area contributed by atoms with Crippen LogP contribution in [0.2, 0.25) is 0 Å². The molecule has 0 atom stereocenters. The Labute approximate surface area is 176 Å². The molecule has 2 heterocycles. The quantitative estimate of drug-likeness (QED) is 0.688. The maximum Gasteiger partial charge on any atom is 0.240 e. The van der Waals surface area contributed by atoms with Gasteiger partial charge in [-0.25, -0.2) is 13.1 Å². The number of hydrogen-bond donors (Lipinski definition) is 2. The Morgan fingerprint density at radius 3 is 2.79 bits per heavy atom. The summed E-state index contributed by atoms with van der Waals surface area (Å²) >= 11 is 1.56. The van der Waals surface area contributed by atoms with E-state index in [0.717, 1.165) is 37.4 Å². The average Bonchev–Trinajstić information content (AvgIpc) is 2.91. The summed E-state index contributed by atoms with van der Waals surface area (Å²) in [5.41, 5.74) is 3.36. The Morgan fingerprint density at radius 1 is 1.10 bits per heavy atom. The predicted octanol–water partition coefficient (Wildman–Crippen LogP) is 2.85. The first kappa shape index (κ1) is 20.4. The Morgan fingerprint density at radius 2 is 1.93 bits per heavy atom. The number of carbonyl (C=O) groups is 1. The zero-order valence-electron chi connectivity index (χ0n) is 16.2. The van der Waals surface area contributed by atoms with Crippen LogP contribution in [-0.2, 0) is 27.8 Å². The molecule has 2 aliphatic rings. The van der Waals surface area contributed by atoms with Crippen LogP contribution in [-0.4, -0.2) is 44.6 Å². The van der Waals surface area contributed by atoms with Crippen molar-refractivity contribution in [3.63, 3.8) is 0 Å². The molecule has 0 saturated carbocycles. The lowest BCUT2D eigenvalue weighted by Gasteiger charge is -2.28. The molecular weight excluding hydrogens is 406 g/mol. The molecule has 2 aromatic rings. The van der Waals surface area contributed by atoms with Crippen LogP contribution in [0.25, 0.3) is 0 Å². The van der Waals surface area contributed by atoms with E-state index in [4.69, 9.17) is 0 Å². The van der Waals surface area contributed by atoms with E-state index in [1.807, 2.05) is 0 Å². The molecule has 1 amide bonds. The Kier molecular flexibility index (Phi) is 6.24. The summed E-state index contributed by atoms with van der Waals surface area (Å²) in [6.07, 6.45) is 2.22. The monoisotopic (exact) mass is 431 g/mol. The lowest BCUT2D eigenvalue weighted by atomic mass is 10.00. The first-order valence-corrected chi connectivity index (χ1v) is 12.3. The number of thioether (sulfide) groups is 1. The number of carbonyl (C=O) groups excluding carboxylic acids is 1. The number of rotatable bonds is 6. The van der Waals surface area contributed by atoms with E-state index in [1.54, 1.807) is 30.0 Å². The van der Waals surface area contributed by atoms with E-state index in [0.29, 0.717) is 24.4 Å². The molecule has 0 aliphatic carbocycles. The van der Waals surface area contributed by atoms with E-state index in [9.17, 15) is 13.2 Å². The molecule has 6 nitrogen and oxygen atoms in total. The lowest BCUT2D eigenvalue weighted by molar-refractivity contribution is -0.115. The van der Waals surface area contributed by atoms with Gasteiger partial charge in [-0.05, 0) is 48.7 Å². The molecule has 2 N–H and O–H groups in total. The van der Waals surface area contributed by atoms with E-state index >= 15 is 0 Å². The van der Waals surface area contributed by atoms with Crippen molar-refractivity contribution in [2.45, 2.75) is 35.6 Å². The SMILES string of the molecule is O=C1CCSc2ccc(S(=O)(=O)NCCCN3CCc4ccccc4C3)cc2N1. The van der Waals surface area contributed by atoms with E-state index < -0.39 is 10.0 Å². The van der Waals surface area contributed by atoms with Gasteiger partial charge in [-0.2, -0.15) is 0 Å². The molecular formula is C21H25N3O3S2. The summed E-state index contributed by atoms with van der Waals surface area (Å²) < 4.78 is 28.0. The van der Waals surface area contributed by atoms with Gasteiger partial charge in [0.1, 0.15) is 0 Å². The number of amides is 1. The van der Waals surface area contributed by atoms with Crippen molar-refractivity contribution >= 4 is 33.4 Å². The molecule has 29 heavy (non-hydrogen) atoms. The number of hydrogen-bond acceptors (Lipinski definition) is 5. The normalized spacial score (nSPS) is 17.2. The van der Waals surface area contributed by atoms with Gasteiger partial charge in [0.2, 0.25) is 15.9 Å². The largest absolute Gasteiger partial charge is 0.325 e. The highest BCUT2D eigenvalue weighted by Gasteiger charge is 2.20. The van der Waals surface area contributed by atoms with E-state index in [2.05, 4.69) is 39.2 Å². The third-order valence-corrected chi connectivity index (χ3v) is 7.81. The topological polar surface area (TPSA) is 78.5 Å². The van der Waals surface area contributed by atoms with Gasteiger partial charge in [0, 0.05) is 36.7 Å². The summed E-state index contributed by atoms with van der Waals surface area (Å²) in [4.78, 5) is 15.2. The van der Waals surface area contributed by atoms with Gasteiger partial charge in [-0.3, -0.25) is 9.69 Å². The van der Waals surface area contributed by atoms with Crippen LogP contribution in [0.5, 0.6) is 0 Å². The van der Waals surface area contributed by atoms with Gasteiger partial charge in [0.25, 0.3) is 0 Å². The predicted molar refractivity (Wildman–Crippen MR) is 116 cm³/mol. The first-order valence-electron chi connectivity index (χ1n) is 9.87. The van der Waals surface area contributed by atoms with Crippen LogP contribution in [0.4, 0.5) is 5.69 Å². The fraction of sp³-hybridized carbons (Fsp3) is 0.381. The van der Waals surface area contributed by atoms with E-state index in [1.165, 1.54) is 11.1 Å². The molecule has 154 valence electrons. The third-order valence-electron chi connectivity index (χ3n) is 5.28. The number of nitrogens with one attached hydrogen (secondary N) is 2. The van der Waals surface area contributed by atoms with Crippen LogP contribution in [0.1, 0.15) is 24.0 Å². The van der Waals surface area contributed by atoms with Crippen molar-refractivity contribution in [1.29, 1.82) is 0 Å². The standard InChI is InChI=1S/C21H25N3O3S2/c25-21-9-13-28-20-7-6-18(14-19(20)23-21)29(26,27)22-10-3-11-24-12-8-16-4-1-2-5-17(16)15-24/h1-2,4-7,14,22H,3,8-13,15H2,(H,23,25). The third kappa shape index (κ3) is 5.01. The first-order chi connectivity index (χ1) is 14.0. The van der Waals surface area contributed by atoms with Gasteiger partial charge in [-0.15, -0.1) is 11.8 Å². The molecule has 0 aromatic heterocycles. The summed E-state index contributed by atoms with van der Waals surface area (Å²) in [7, 11) is -3.60. The molecule has 0 spiro atoms. The number of benzene rings is 2. The second-order valence-electron chi connectivity index (χ2n) is 7.35. The molecule has 0 radical (unpaired) electrons. The van der Waals surface area contributed by atoms with Gasteiger partial charge < -0.3 is 5.32 Å². The summed E-state index contributed by atoms with van der Waals surface area (Å²) in [6.45, 7) is 3.17. The molecule has 2 aliphatic heterocycles. The van der Waals surface area contributed by atoms with Crippen LogP contribution in [0.15, 0.2) is 52.3 Å². The van der Waals surface area contributed by atoms with E-state index in [-0.39, 0.29) is 10.8 Å². The Hall–Kier alpha value is -1.87. The highest BCUT2D eigenvalue weighted by atomic mass is 32.2. The Bertz CT molecular complexity index is 1010. The fourth-order valence-corrected chi connectivity index (χ4v) is 5.74. The van der Waals surface area contributed by atoms with Crippen molar-refractivity contribution in [1.82, 2.24) is 9.62 Å². The zero-order valence-corrected chi connectivity index (χ0v) is 17.8. The van der Waals surface area contributed by atoms with Gasteiger partial charge in [0.05, 0.1) is 10.6 Å². The lowest BCUT2D eigenvalue weighted by Crippen LogP contribution is -2.33. The van der Waals surface area contributed by atoms with Crippen molar-refractivity contribution in [2.24, 2.45) is 0 Å². The molecule has 4 rings (SSSR count). The van der Waals surface area contributed by atoms with Crippen LogP contribution in [0, 0.1) is 0 Å². The zero-order chi connectivity index (χ0) is 20.3. The van der Waals surface area contributed by atoms with Crippen molar-refractivity contribution < 1.29 is 13.2 Å². The second kappa shape index (κ2) is 8.87. The Balaban J connectivity index is 1.31. The van der Waals surface area contributed by atoms with Gasteiger partial charge in [-0.1, -0.05) is 24.3 Å². The molecule has 2 aromatic carbocycles. The molecule has 8 heteroatoms. The minimum atomic E-state index is -3.60. The maximum atomic E-state index is 12.7. The summed E-state index contributed by atoms with van der Waals surface area (Å²) in [5.74, 6) is 0.617. The molecule has 0 saturated heterocycles. The van der Waals surface area contributed by atoms with Crippen LogP contribution >= 0.6 is 11.8 Å². The number of anilines is 1. The average molecular weight is 432 g/mol. The highest BCUT2D eigenvalue weighted by molar-refractivity contribution is 7.99. The van der Waals surface area contributed by atoms with Crippen molar-refractivity contribution in [3.8, 4) is 0 Å². The molecule has 0 fully saturated rings. The van der Waals surface area contributed by atoms with Gasteiger partial charge in [0.15, 0.2) is 0 Å².